The summed E-state index contributed by atoms with van der Waals surface area (Å²) in [6, 6.07) is 10.9. The lowest BCUT2D eigenvalue weighted by Gasteiger charge is -2.10. The molecular weight excluding hydrogens is 272 g/mol. The molecule has 0 unspecified atom stereocenters. The maximum Gasteiger partial charge on any atom is 0.339 e. The second-order valence-corrected chi connectivity index (χ2v) is 4.41. The van der Waals surface area contributed by atoms with Gasteiger partial charge < -0.3 is 21.3 Å². The number of aromatic carboxylic acids is 1. The summed E-state index contributed by atoms with van der Waals surface area (Å²) in [5.41, 5.74) is 12.3. The van der Waals surface area contributed by atoms with Crippen LogP contribution in [0.3, 0.4) is 0 Å². The fourth-order valence-corrected chi connectivity index (χ4v) is 1.81. The van der Waals surface area contributed by atoms with Crippen LogP contribution in [0.15, 0.2) is 42.5 Å². The van der Waals surface area contributed by atoms with E-state index in [2.05, 4.69) is 0 Å². The molecule has 21 heavy (non-hydrogen) atoms. The highest BCUT2D eigenvalue weighted by molar-refractivity contribution is 5.93. The van der Waals surface area contributed by atoms with Crippen molar-refractivity contribution in [2.24, 2.45) is 5.73 Å². The summed E-state index contributed by atoms with van der Waals surface area (Å²) < 4.78 is 5.49. The fourth-order valence-electron chi connectivity index (χ4n) is 1.81. The Kier molecular flexibility index (Phi) is 4.08. The van der Waals surface area contributed by atoms with E-state index in [-0.39, 0.29) is 17.9 Å². The normalized spacial score (nSPS) is 10.1. The van der Waals surface area contributed by atoms with Crippen LogP contribution in [0.25, 0.3) is 0 Å². The average Bonchev–Trinajstić information content (AvgIpc) is 2.45. The van der Waals surface area contributed by atoms with Crippen molar-refractivity contribution in [3.63, 3.8) is 0 Å². The molecule has 2 aromatic rings. The zero-order chi connectivity index (χ0) is 15.4. The maximum absolute atomic E-state index is 11.1. The van der Waals surface area contributed by atoms with Crippen molar-refractivity contribution in [1.29, 1.82) is 0 Å². The quantitative estimate of drug-likeness (QED) is 0.723. The van der Waals surface area contributed by atoms with Gasteiger partial charge >= 0.3 is 5.97 Å². The number of benzene rings is 2. The number of nitrogens with two attached hydrogens (primary N) is 2. The van der Waals surface area contributed by atoms with Crippen LogP contribution in [0.1, 0.15) is 26.3 Å². The van der Waals surface area contributed by atoms with E-state index < -0.39 is 11.9 Å². The van der Waals surface area contributed by atoms with E-state index in [0.29, 0.717) is 16.8 Å². The van der Waals surface area contributed by atoms with Crippen molar-refractivity contribution < 1.29 is 19.4 Å². The number of primary amides is 1. The molecular formula is C15H14N2O4. The first-order valence-electron chi connectivity index (χ1n) is 6.11. The van der Waals surface area contributed by atoms with Gasteiger partial charge in [0.15, 0.2) is 0 Å². The topological polar surface area (TPSA) is 116 Å². The molecule has 0 heterocycles. The second kappa shape index (κ2) is 5.96. The summed E-state index contributed by atoms with van der Waals surface area (Å²) in [4.78, 5) is 22.2. The minimum absolute atomic E-state index is 0.0234. The van der Waals surface area contributed by atoms with E-state index in [1.807, 2.05) is 0 Å². The van der Waals surface area contributed by atoms with Crippen LogP contribution in [0.4, 0.5) is 5.69 Å². The van der Waals surface area contributed by atoms with Crippen molar-refractivity contribution in [2.45, 2.75) is 6.61 Å². The molecule has 6 heteroatoms. The first-order valence-corrected chi connectivity index (χ1v) is 6.11. The van der Waals surface area contributed by atoms with E-state index in [1.165, 1.54) is 18.2 Å². The lowest BCUT2D eigenvalue weighted by molar-refractivity contribution is 0.0691. The van der Waals surface area contributed by atoms with E-state index in [1.54, 1.807) is 24.3 Å². The van der Waals surface area contributed by atoms with Crippen LogP contribution < -0.4 is 16.2 Å². The van der Waals surface area contributed by atoms with Crippen LogP contribution in [-0.2, 0) is 6.61 Å². The van der Waals surface area contributed by atoms with Gasteiger partial charge in [-0.05, 0) is 29.8 Å². The zero-order valence-corrected chi connectivity index (χ0v) is 11.1. The highest BCUT2D eigenvalue weighted by atomic mass is 16.5. The highest BCUT2D eigenvalue weighted by Gasteiger charge is 2.12. The number of hydrogen-bond acceptors (Lipinski definition) is 4. The van der Waals surface area contributed by atoms with Gasteiger partial charge in [0.2, 0.25) is 5.91 Å². The molecule has 0 saturated carbocycles. The molecule has 2 rings (SSSR count). The highest BCUT2D eigenvalue weighted by Crippen LogP contribution is 2.23. The fraction of sp³-hybridized carbons (Fsp3) is 0.0667. The van der Waals surface area contributed by atoms with Crippen LogP contribution >= 0.6 is 0 Å². The third-order valence-corrected chi connectivity index (χ3v) is 2.84. The lowest BCUT2D eigenvalue weighted by Crippen LogP contribution is -2.11. The summed E-state index contributed by atoms with van der Waals surface area (Å²) in [6.45, 7) is 0.102. The van der Waals surface area contributed by atoms with Gasteiger partial charge in [-0.25, -0.2) is 4.79 Å². The summed E-state index contributed by atoms with van der Waals surface area (Å²) >= 11 is 0. The third-order valence-electron chi connectivity index (χ3n) is 2.84. The van der Waals surface area contributed by atoms with Gasteiger partial charge in [0.25, 0.3) is 0 Å². The molecule has 6 nitrogen and oxygen atoms in total. The van der Waals surface area contributed by atoms with Gasteiger partial charge in [-0.1, -0.05) is 12.1 Å². The van der Waals surface area contributed by atoms with E-state index in [9.17, 15) is 9.59 Å². The molecule has 0 aromatic heterocycles. The molecule has 5 N–H and O–H groups in total. The monoisotopic (exact) mass is 286 g/mol. The standard InChI is InChI=1S/C15H14N2O4/c16-11-4-5-12(15(19)20)13(7-11)21-8-9-2-1-3-10(6-9)14(17)18/h1-7H,8,16H2,(H2,17,18)(H,19,20). The molecule has 0 radical (unpaired) electrons. The lowest BCUT2D eigenvalue weighted by atomic mass is 10.1. The minimum Gasteiger partial charge on any atom is -0.488 e. The molecule has 2 aromatic carbocycles. The zero-order valence-electron chi connectivity index (χ0n) is 11.1. The average molecular weight is 286 g/mol. The summed E-state index contributed by atoms with van der Waals surface area (Å²) in [6.07, 6.45) is 0. The maximum atomic E-state index is 11.1. The molecule has 0 aliphatic rings. The van der Waals surface area contributed by atoms with E-state index in [0.717, 1.165) is 0 Å². The number of ether oxygens (including phenoxy) is 1. The second-order valence-electron chi connectivity index (χ2n) is 4.41. The van der Waals surface area contributed by atoms with Gasteiger partial charge in [0, 0.05) is 17.3 Å². The van der Waals surface area contributed by atoms with Crippen LogP contribution in [0.5, 0.6) is 5.75 Å². The Labute approximate surface area is 120 Å². The Bertz CT molecular complexity index is 698. The van der Waals surface area contributed by atoms with Crippen LogP contribution in [0, 0.1) is 0 Å². The number of carboxylic acid groups (broad SMARTS) is 1. The van der Waals surface area contributed by atoms with Gasteiger partial charge in [-0.15, -0.1) is 0 Å². The van der Waals surface area contributed by atoms with Crippen molar-refractivity contribution >= 4 is 17.6 Å². The van der Waals surface area contributed by atoms with E-state index in [4.69, 9.17) is 21.3 Å². The summed E-state index contributed by atoms with van der Waals surface area (Å²) in [7, 11) is 0. The number of amides is 1. The Balaban J connectivity index is 2.20. The minimum atomic E-state index is -1.10. The largest absolute Gasteiger partial charge is 0.488 e. The first kappa shape index (κ1) is 14.4. The number of carbonyl (C=O) groups is 2. The molecule has 0 spiro atoms. The molecule has 0 saturated heterocycles. The van der Waals surface area contributed by atoms with Gasteiger partial charge in [-0.3, -0.25) is 4.79 Å². The summed E-state index contributed by atoms with van der Waals surface area (Å²) in [5, 5.41) is 9.09. The third kappa shape index (κ3) is 3.50. The van der Waals surface area contributed by atoms with Crippen LogP contribution in [-0.4, -0.2) is 17.0 Å². The molecule has 0 aliphatic carbocycles. The number of nitrogen functional groups attached to an aromatic ring is 1. The van der Waals surface area contributed by atoms with E-state index >= 15 is 0 Å². The predicted molar refractivity (Wildman–Crippen MR) is 77.1 cm³/mol. The Morgan fingerprint density at radius 2 is 1.90 bits per heavy atom. The van der Waals surface area contributed by atoms with Crippen LogP contribution in [0.2, 0.25) is 0 Å². The van der Waals surface area contributed by atoms with Crippen molar-refractivity contribution in [1.82, 2.24) is 0 Å². The predicted octanol–water partition coefficient (Wildman–Crippen LogP) is 1.64. The smallest absolute Gasteiger partial charge is 0.339 e. The Morgan fingerprint density at radius 1 is 1.14 bits per heavy atom. The molecule has 0 aliphatic heterocycles. The van der Waals surface area contributed by atoms with Crippen molar-refractivity contribution in [3.8, 4) is 5.75 Å². The SMILES string of the molecule is NC(=O)c1cccc(COc2cc(N)ccc2C(=O)O)c1. The van der Waals surface area contributed by atoms with Crippen molar-refractivity contribution in [2.75, 3.05) is 5.73 Å². The molecule has 1 amide bonds. The van der Waals surface area contributed by atoms with Crippen molar-refractivity contribution in [3.05, 3.63) is 59.2 Å². The molecule has 108 valence electrons. The summed E-state index contributed by atoms with van der Waals surface area (Å²) in [5.74, 6) is -1.46. The number of anilines is 1. The Morgan fingerprint density at radius 3 is 2.57 bits per heavy atom. The molecule has 0 atom stereocenters. The Hall–Kier alpha value is -3.02. The van der Waals surface area contributed by atoms with Gasteiger partial charge in [0.05, 0.1) is 0 Å². The van der Waals surface area contributed by atoms with Gasteiger partial charge in [0.1, 0.15) is 17.9 Å². The number of hydrogen-bond donors (Lipinski definition) is 3. The van der Waals surface area contributed by atoms with Gasteiger partial charge in [-0.2, -0.15) is 0 Å². The number of carbonyl (C=O) groups excluding carboxylic acids is 1. The molecule has 0 bridgehead atoms. The molecule has 0 fully saturated rings. The number of rotatable bonds is 5. The number of carboxylic acids is 1. The first-order chi connectivity index (χ1) is 9.97.